The number of nitrogens with one attached hydrogen (secondary N) is 3. The van der Waals surface area contributed by atoms with Crippen molar-refractivity contribution in [3.63, 3.8) is 0 Å². The van der Waals surface area contributed by atoms with E-state index in [4.69, 9.17) is 51.8 Å². The van der Waals surface area contributed by atoms with Crippen molar-refractivity contribution >= 4 is 79.7 Å². The first-order valence-electron chi connectivity index (χ1n) is 8.12. The van der Waals surface area contributed by atoms with E-state index in [0.717, 1.165) is 10.2 Å². The quantitative estimate of drug-likeness (QED) is 0.273. The average Bonchev–Trinajstić information content (AvgIpc) is 2.62. The fourth-order valence-electron chi connectivity index (χ4n) is 2.14. The zero-order valence-corrected chi connectivity index (χ0v) is 19.3. The van der Waals surface area contributed by atoms with E-state index >= 15 is 0 Å². The molecule has 10 heteroatoms. The molecule has 1 amide bonds. The van der Waals surface area contributed by atoms with Crippen LogP contribution < -0.4 is 20.7 Å². The highest BCUT2D eigenvalue weighted by molar-refractivity contribution is 9.10. The molecule has 3 N–H and O–H groups in total. The molecular weight excluding hydrogens is 509 g/mol. The van der Waals surface area contributed by atoms with Crippen LogP contribution in [0.4, 0.5) is 5.69 Å². The number of carbonyl (C=O) groups excluding carboxylic acids is 1. The van der Waals surface area contributed by atoms with Gasteiger partial charge in [-0.2, -0.15) is 0 Å². The van der Waals surface area contributed by atoms with Gasteiger partial charge in [-0.15, -0.1) is 0 Å². The number of carbonyl (C=O) groups is 1. The molecule has 0 fully saturated rings. The third-order valence-electron chi connectivity index (χ3n) is 3.39. The number of rotatable bonds is 6. The van der Waals surface area contributed by atoms with Gasteiger partial charge >= 0.3 is 0 Å². The number of alkyl halides is 3. The van der Waals surface area contributed by atoms with Crippen molar-refractivity contribution in [3.05, 3.63) is 58.6 Å². The number of halogens is 4. The lowest BCUT2D eigenvalue weighted by atomic mass is 10.2. The number of hydrogen-bond acceptors (Lipinski definition) is 3. The van der Waals surface area contributed by atoms with E-state index in [-0.39, 0.29) is 5.11 Å². The minimum atomic E-state index is -1.84. The van der Waals surface area contributed by atoms with Gasteiger partial charge in [0.05, 0.1) is 6.61 Å². The second-order valence-electron chi connectivity index (χ2n) is 5.51. The normalized spacial score (nSPS) is 12.0. The summed E-state index contributed by atoms with van der Waals surface area (Å²) in [6, 6.07) is 14.0. The first-order chi connectivity index (χ1) is 13.2. The van der Waals surface area contributed by atoms with Crippen LogP contribution in [0.2, 0.25) is 0 Å². The molecule has 1 unspecified atom stereocenters. The zero-order chi connectivity index (χ0) is 20.7. The van der Waals surface area contributed by atoms with Crippen molar-refractivity contribution in [1.29, 1.82) is 0 Å². The SMILES string of the molecule is CCOc1ccc(NC(=S)NC(NC(=O)c2cccc(Br)c2)C(Cl)(Cl)Cl)cc1. The minimum Gasteiger partial charge on any atom is -0.494 e. The lowest BCUT2D eigenvalue weighted by Crippen LogP contribution is -2.56. The highest BCUT2D eigenvalue weighted by atomic mass is 79.9. The van der Waals surface area contributed by atoms with Gasteiger partial charge in [-0.3, -0.25) is 4.79 Å². The Bertz CT molecular complexity index is 832. The van der Waals surface area contributed by atoms with Crippen LogP contribution in [0.5, 0.6) is 5.75 Å². The Morgan fingerprint density at radius 2 is 1.86 bits per heavy atom. The summed E-state index contributed by atoms with van der Waals surface area (Å²) in [7, 11) is 0. The van der Waals surface area contributed by atoms with Gasteiger partial charge in [0.15, 0.2) is 5.11 Å². The molecule has 0 heterocycles. The van der Waals surface area contributed by atoms with Crippen LogP contribution in [0.1, 0.15) is 17.3 Å². The van der Waals surface area contributed by atoms with E-state index < -0.39 is 15.9 Å². The maximum absolute atomic E-state index is 12.5. The molecule has 2 rings (SSSR count). The van der Waals surface area contributed by atoms with E-state index in [2.05, 4.69) is 31.9 Å². The van der Waals surface area contributed by atoms with Crippen LogP contribution in [-0.4, -0.2) is 27.6 Å². The van der Waals surface area contributed by atoms with Gasteiger partial charge < -0.3 is 20.7 Å². The summed E-state index contributed by atoms with van der Waals surface area (Å²) in [4.78, 5) is 12.5. The summed E-state index contributed by atoms with van der Waals surface area (Å²) >= 11 is 26.6. The van der Waals surface area contributed by atoms with E-state index in [1.54, 1.807) is 48.5 Å². The van der Waals surface area contributed by atoms with Gasteiger partial charge in [0.1, 0.15) is 11.9 Å². The van der Waals surface area contributed by atoms with Crippen molar-refractivity contribution in [3.8, 4) is 5.75 Å². The predicted octanol–water partition coefficient (Wildman–Crippen LogP) is 5.26. The maximum Gasteiger partial charge on any atom is 0.253 e. The van der Waals surface area contributed by atoms with Crippen molar-refractivity contribution in [2.45, 2.75) is 16.9 Å². The molecule has 150 valence electrons. The minimum absolute atomic E-state index is 0.176. The summed E-state index contributed by atoms with van der Waals surface area (Å²) < 4.78 is 4.30. The van der Waals surface area contributed by atoms with Gasteiger partial charge in [0.2, 0.25) is 3.79 Å². The Balaban J connectivity index is 2.03. The third kappa shape index (κ3) is 7.29. The van der Waals surface area contributed by atoms with Gasteiger partial charge in [0.25, 0.3) is 5.91 Å². The topological polar surface area (TPSA) is 62.4 Å². The molecule has 1 atom stereocenters. The van der Waals surface area contributed by atoms with Crippen molar-refractivity contribution in [1.82, 2.24) is 10.6 Å². The summed E-state index contributed by atoms with van der Waals surface area (Å²) in [5.41, 5.74) is 1.11. The Kier molecular flexibility index (Phi) is 8.64. The molecule has 0 aliphatic heterocycles. The van der Waals surface area contributed by atoms with Crippen molar-refractivity contribution in [2.75, 3.05) is 11.9 Å². The third-order valence-corrected chi connectivity index (χ3v) is 4.76. The van der Waals surface area contributed by atoms with Crippen LogP contribution >= 0.6 is 63.0 Å². The molecule has 0 aromatic heterocycles. The fourth-order valence-corrected chi connectivity index (χ4v) is 3.11. The number of ether oxygens (including phenoxy) is 1. The fraction of sp³-hybridized carbons (Fsp3) is 0.222. The van der Waals surface area contributed by atoms with Crippen LogP contribution in [0.3, 0.4) is 0 Å². The zero-order valence-electron chi connectivity index (χ0n) is 14.6. The van der Waals surface area contributed by atoms with Gasteiger partial charge in [-0.05, 0) is 61.6 Å². The van der Waals surface area contributed by atoms with Crippen LogP contribution in [0.25, 0.3) is 0 Å². The first-order valence-corrected chi connectivity index (χ1v) is 10.5. The standard InChI is InChI=1S/C18H17BrCl3N3O2S/c1-2-27-14-8-6-13(7-9-14)23-17(28)25-16(18(20,21)22)24-15(26)11-4-3-5-12(19)10-11/h3-10,16H,2H2,1H3,(H,24,26)(H2,23,25,28). The molecule has 5 nitrogen and oxygen atoms in total. The Morgan fingerprint density at radius 3 is 2.43 bits per heavy atom. The number of benzene rings is 2. The molecule has 0 saturated carbocycles. The molecular formula is C18H17BrCl3N3O2S. The second kappa shape index (κ2) is 10.5. The van der Waals surface area contributed by atoms with E-state index in [1.807, 2.05) is 6.92 Å². The molecule has 0 bridgehead atoms. The average molecular weight is 526 g/mol. The summed E-state index contributed by atoms with van der Waals surface area (Å²) in [6.07, 6.45) is -1.06. The monoisotopic (exact) mass is 523 g/mol. The van der Waals surface area contributed by atoms with Crippen molar-refractivity contribution < 1.29 is 9.53 Å². The summed E-state index contributed by atoms with van der Waals surface area (Å²) in [5.74, 6) is 0.321. The molecule has 0 spiro atoms. The Labute approximate surface area is 192 Å². The molecule has 2 aromatic rings. The van der Waals surface area contributed by atoms with Crippen LogP contribution in [0.15, 0.2) is 53.0 Å². The van der Waals surface area contributed by atoms with Gasteiger partial charge in [0, 0.05) is 15.7 Å². The van der Waals surface area contributed by atoms with E-state index in [9.17, 15) is 4.79 Å². The van der Waals surface area contributed by atoms with E-state index in [0.29, 0.717) is 17.9 Å². The molecule has 0 saturated heterocycles. The first kappa shape index (κ1) is 23.0. The maximum atomic E-state index is 12.5. The molecule has 0 aliphatic carbocycles. The van der Waals surface area contributed by atoms with Crippen molar-refractivity contribution in [2.24, 2.45) is 0 Å². The van der Waals surface area contributed by atoms with Gasteiger partial charge in [-0.25, -0.2) is 0 Å². The van der Waals surface area contributed by atoms with Gasteiger partial charge in [-0.1, -0.05) is 56.8 Å². The van der Waals surface area contributed by atoms with Crippen LogP contribution in [0, 0.1) is 0 Å². The Hall–Kier alpha value is -1.25. The highest BCUT2D eigenvalue weighted by Gasteiger charge is 2.34. The highest BCUT2D eigenvalue weighted by Crippen LogP contribution is 2.29. The lowest BCUT2D eigenvalue weighted by Gasteiger charge is -2.27. The number of hydrogen-bond donors (Lipinski definition) is 3. The molecule has 2 aromatic carbocycles. The number of thiocarbonyl (C=S) groups is 1. The van der Waals surface area contributed by atoms with E-state index in [1.165, 1.54) is 0 Å². The molecule has 0 aliphatic rings. The lowest BCUT2D eigenvalue weighted by molar-refractivity contribution is 0.0934. The molecule has 28 heavy (non-hydrogen) atoms. The largest absolute Gasteiger partial charge is 0.494 e. The number of anilines is 1. The molecule has 0 radical (unpaired) electrons. The van der Waals surface area contributed by atoms with Crippen LogP contribution in [-0.2, 0) is 0 Å². The smallest absolute Gasteiger partial charge is 0.253 e. The Morgan fingerprint density at radius 1 is 1.18 bits per heavy atom. The summed E-state index contributed by atoms with van der Waals surface area (Å²) in [5, 5.41) is 8.58. The summed E-state index contributed by atoms with van der Waals surface area (Å²) in [6.45, 7) is 2.49. The second-order valence-corrected chi connectivity index (χ2v) is 9.21. The number of amides is 1. The predicted molar refractivity (Wildman–Crippen MR) is 123 cm³/mol.